The molecule has 1 nitrogen and oxygen atoms in total. The van der Waals surface area contributed by atoms with Gasteiger partial charge in [-0.05, 0) is 38.5 Å². The summed E-state index contributed by atoms with van der Waals surface area (Å²) in [6.45, 7) is 5.67. The van der Waals surface area contributed by atoms with Gasteiger partial charge in [0.15, 0.2) is 0 Å². The van der Waals surface area contributed by atoms with Gasteiger partial charge in [-0.1, -0.05) is 18.1 Å². The first-order chi connectivity index (χ1) is 7.00. The molecule has 0 aromatic heterocycles. The third kappa shape index (κ3) is 2.37. The van der Waals surface area contributed by atoms with Crippen molar-refractivity contribution < 1.29 is 4.39 Å². The molecule has 2 N–H and O–H groups in total. The van der Waals surface area contributed by atoms with Gasteiger partial charge in [-0.15, -0.1) is 5.92 Å². The highest BCUT2D eigenvalue weighted by Gasteiger charge is 2.28. The van der Waals surface area contributed by atoms with Crippen LogP contribution in [0, 0.1) is 17.7 Å². The molecule has 0 radical (unpaired) electrons. The molecule has 0 fully saturated rings. The lowest BCUT2D eigenvalue weighted by atomic mass is 9.77. The topological polar surface area (TPSA) is 26.0 Å². The van der Waals surface area contributed by atoms with E-state index in [0.29, 0.717) is 0 Å². The second-order valence-corrected chi connectivity index (χ2v) is 3.87. The first-order valence-corrected chi connectivity index (χ1v) is 4.96. The van der Waals surface area contributed by atoms with E-state index in [4.69, 9.17) is 5.73 Å². The lowest BCUT2D eigenvalue weighted by Gasteiger charge is -2.28. The van der Waals surface area contributed by atoms with Crippen LogP contribution in [-0.4, -0.2) is 6.04 Å². The molecule has 0 amide bonds. The standard InChI is InChI=1S/C13H16FN/c1-4-9-13(3,10(2)15)11-5-7-12(14)8-6-11/h5-8,10H,15H2,1-3H3. The average molecular weight is 205 g/mol. The van der Waals surface area contributed by atoms with Crippen LogP contribution in [0.15, 0.2) is 24.3 Å². The maximum absolute atomic E-state index is 12.8. The van der Waals surface area contributed by atoms with E-state index in [-0.39, 0.29) is 11.9 Å². The van der Waals surface area contributed by atoms with Crippen LogP contribution in [-0.2, 0) is 5.41 Å². The van der Waals surface area contributed by atoms with E-state index in [1.54, 1.807) is 19.1 Å². The number of halogens is 1. The molecular weight excluding hydrogens is 189 g/mol. The number of nitrogens with two attached hydrogens (primary N) is 1. The molecule has 1 rings (SSSR count). The minimum Gasteiger partial charge on any atom is -0.326 e. The third-order valence-corrected chi connectivity index (χ3v) is 2.74. The summed E-state index contributed by atoms with van der Waals surface area (Å²) in [6, 6.07) is 6.25. The lowest BCUT2D eigenvalue weighted by Crippen LogP contribution is -2.39. The first-order valence-electron chi connectivity index (χ1n) is 4.96. The largest absolute Gasteiger partial charge is 0.326 e. The van der Waals surface area contributed by atoms with Gasteiger partial charge in [-0.3, -0.25) is 0 Å². The Bertz CT molecular complexity index is 383. The summed E-state index contributed by atoms with van der Waals surface area (Å²) in [4.78, 5) is 0. The van der Waals surface area contributed by atoms with Crippen molar-refractivity contribution in [3.63, 3.8) is 0 Å². The van der Waals surface area contributed by atoms with Gasteiger partial charge < -0.3 is 5.73 Å². The van der Waals surface area contributed by atoms with E-state index in [0.717, 1.165) is 5.56 Å². The van der Waals surface area contributed by atoms with Crippen molar-refractivity contribution in [1.82, 2.24) is 0 Å². The molecule has 0 saturated heterocycles. The number of hydrogen-bond donors (Lipinski definition) is 1. The maximum Gasteiger partial charge on any atom is 0.123 e. The Morgan fingerprint density at radius 2 is 1.87 bits per heavy atom. The Balaban J connectivity index is 3.19. The second-order valence-electron chi connectivity index (χ2n) is 3.87. The van der Waals surface area contributed by atoms with Crippen LogP contribution in [0.4, 0.5) is 4.39 Å². The summed E-state index contributed by atoms with van der Waals surface area (Å²) >= 11 is 0. The predicted octanol–water partition coefficient (Wildman–Crippen LogP) is 2.45. The molecule has 2 atom stereocenters. The normalized spacial score (nSPS) is 16.1. The molecule has 1 aromatic rings. The van der Waals surface area contributed by atoms with E-state index in [9.17, 15) is 4.39 Å². The van der Waals surface area contributed by atoms with Crippen molar-refractivity contribution in [3.05, 3.63) is 35.6 Å². The van der Waals surface area contributed by atoms with Crippen LogP contribution >= 0.6 is 0 Å². The lowest BCUT2D eigenvalue weighted by molar-refractivity contribution is 0.504. The molecule has 0 spiro atoms. The minimum atomic E-state index is -0.414. The summed E-state index contributed by atoms with van der Waals surface area (Å²) in [5.74, 6) is 5.74. The van der Waals surface area contributed by atoms with Crippen LogP contribution in [0.25, 0.3) is 0 Å². The van der Waals surface area contributed by atoms with Crippen molar-refractivity contribution in [2.75, 3.05) is 0 Å². The third-order valence-electron chi connectivity index (χ3n) is 2.74. The smallest absolute Gasteiger partial charge is 0.123 e. The van der Waals surface area contributed by atoms with Crippen molar-refractivity contribution in [1.29, 1.82) is 0 Å². The van der Waals surface area contributed by atoms with Crippen LogP contribution < -0.4 is 5.73 Å². The molecule has 1 aromatic carbocycles. The molecule has 2 heteroatoms. The zero-order valence-electron chi connectivity index (χ0n) is 9.34. The molecule has 0 aliphatic rings. The molecule has 0 aliphatic carbocycles. The maximum atomic E-state index is 12.8. The fraction of sp³-hybridized carbons (Fsp3) is 0.385. The summed E-state index contributed by atoms with van der Waals surface area (Å²) in [6.07, 6.45) is 0. The van der Waals surface area contributed by atoms with Crippen molar-refractivity contribution >= 4 is 0 Å². The fourth-order valence-electron chi connectivity index (χ4n) is 1.50. The van der Waals surface area contributed by atoms with Gasteiger partial charge in [-0.25, -0.2) is 4.39 Å². The number of hydrogen-bond acceptors (Lipinski definition) is 1. The van der Waals surface area contributed by atoms with Gasteiger partial charge in [0.05, 0.1) is 5.41 Å². The summed E-state index contributed by atoms with van der Waals surface area (Å²) < 4.78 is 12.8. The Morgan fingerprint density at radius 3 is 2.27 bits per heavy atom. The molecular formula is C13H16FN. The first kappa shape index (κ1) is 11.7. The monoisotopic (exact) mass is 205 g/mol. The minimum absolute atomic E-state index is 0.101. The van der Waals surface area contributed by atoms with E-state index in [2.05, 4.69) is 11.8 Å². The van der Waals surface area contributed by atoms with E-state index < -0.39 is 5.41 Å². The fourth-order valence-corrected chi connectivity index (χ4v) is 1.50. The average Bonchev–Trinajstić information content (AvgIpc) is 2.18. The Morgan fingerprint density at radius 1 is 1.33 bits per heavy atom. The van der Waals surface area contributed by atoms with Gasteiger partial charge in [0.1, 0.15) is 5.82 Å². The SMILES string of the molecule is CC#CC(C)(c1ccc(F)cc1)C(C)N. The predicted molar refractivity (Wildman–Crippen MR) is 60.9 cm³/mol. The van der Waals surface area contributed by atoms with Gasteiger partial charge in [0.25, 0.3) is 0 Å². The Hall–Kier alpha value is -1.33. The zero-order chi connectivity index (χ0) is 11.5. The molecule has 0 heterocycles. The van der Waals surface area contributed by atoms with E-state index >= 15 is 0 Å². The van der Waals surface area contributed by atoms with E-state index in [1.165, 1.54) is 12.1 Å². The molecule has 2 unspecified atom stereocenters. The molecule has 80 valence electrons. The van der Waals surface area contributed by atoms with Crippen molar-refractivity contribution in [2.45, 2.75) is 32.2 Å². The van der Waals surface area contributed by atoms with Gasteiger partial charge in [0.2, 0.25) is 0 Å². The highest BCUT2D eigenvalue weighted by atomic mass is 19.1. The second kappa shape index (κ2) is 4.46. The Labute approximate surface area is 90.5 Å². The summed E-state index contributed by atoms with van der Waals surface area (Å²) in [7, 11) is 0. The molecule has 0 aliphatic heterocycles. The Kier molecular flexibility index (Phi) is 3.49. The molecule has 0 saturated carbocycles. The van der Waals surface area contributed by atoms with Crippen molar-refractivity contribution in [2.24, 2.45) is 5.73 Å². The number of rotatable bonds is 2. The number of benzene rings is 1. The quantitative estimate of drug-likeness (QED) is 0.737. The van der Waals surface area contributed by atoms with Crippen LogP contribution in [0.2, 0.25) is 0 Å². The highest BCUT2D eigenvalue weighted by molar-refractivity contribution is 5.36. The van der Waals surface area contributed by atoms with Crippen LogP contribution in [0.5, 0.6) is 0 Å². The summed E-state index contributed by atoms with van der Waals surface area (Å²) in [5.41, 5.74) is 6.47. The van der Waals surface area contributed by atoms with Crippen molar-refractivity contribution in [3.8, 4) is 11.8 Å². The van der Waals surface area contributed by atoms with Gasteiger partial charge in [0, 0.05) is 6.04 Å². The molecule has 15 heavy (non-hydrogen) atoms. The van der Waals surface area contributed by atoms with E-state index in [1.807, 2.05) is 13.8 Å². The van der Waals surface area contributed by atoms with Crippen LogP contribution in [0.1, 0.15) is 26.3 Å². The molecule has 0 bridgehead atoms. The van der Waals surface area contributed by atoms with Gasteiger partial charge in [-0.2, -0.15) is 0 Å². The summed E-state index contributed by atoms with van der Waals surface area (Å²) in [5, 5.41) is 0. The zero-order valence-corrected chi connectivity index (χ0v) is 9.34. The highest BCUT2D eigenvalue weighted by Crippen LogP contribution is 2.26. The van der Waals surface area contributed by atoms with Crippen LogP contribution in [0.3, 0.4) is 0 Å². The van der Waals surface area contributed by atoms with Gasteiger partial charge >= 0.3 is 0 Å².